The quantitative estimate of drug-likeness (QED) is 0.570. The molecule has 0 spiro atoms. The van der Waals surface area contributed by atoms with Gasteiger partial charge in [-0.3, -0.25) is 10.1 Å². The first kappa shape index (κ1) is 15.0. The minimum atomic E-state index is -3.76. The first-order valence-electron chi connectivity index (χ1n) is 6.33. The van der Waals surface area contributed by atoms with Crippen LogP contribution in [-0.2, 0) is 16.6 Å². The van der Waals surface area contributed by atoms with Gasteiger partial charge in [-0.1, -0.05) is 12.1 Å². The molecule has 0 aliphatic rings. The Morgan fingerprint density at radius 1 is 1.48 bits per heavy atom. The van der Waals surface area contributed by atoms with Gasteiger partial charge in [-0.15, -0.1) is 0 Å². The maximum Gasteiger partial charge on any atom is 0.280 e. The molecule has 0 unspecified atom stereocenters. The van der Waals surface area contributed by atoms with Gasteiger partial charge in [0.15, 0.2) is 5.03 Å². The highest BCUT2D eigenvalue weighted by Gasteiger charge is 2.18. The fraction of sp³-hybridized carbons (Fsp3) is 0.231. The summed E-state index contributed by atoms with van der Waals surface area (Å²) < 4.78 is 28.7. The van der Waals surface area contributed by atoms with Gasteiger partial charge >= 0.3 is 0 Å². The van der Waals surface area contributed by atoms with E-state index in [9.17, 15) is 8.42 Å². The summed E-state index contributed by atoms with van der Waals surface area (Å²) in [5, 5.41) is 7.37. The fourth-order valence-electron chi connectivity index (χ4n) is 1.75. The van der Waals surface area contributed by atoms with Gasteiger partial charge in [-0.25, -0.2) is 4.98 Å². The first-order chi connectivity index (χ1) is 9.83. The number of nitrogens with one attached hydrogen (secondary N) is 2. The molecule has 0 atom stereocenters. The zero-order valence-electron chi connectivity index (χ0n) is 11.8. The molecular weight excluding hydrogens is 290 g/mol. The number of hydrogen-bond acceptors (Lipinski definition) is 4. The molecule has 1 heterocycles. The summed E-state index contributed by atoms with van der Waals surface area (Å²) in [4.78, 5) is 3.89. The lowest BCUT2D eigenvalue weighted by Crippen LogP contribution is -2.16. The molecule has 0 saturated heterocycles. The molecule has 1 aromatic heterocycles. The van der Waals surface area contributed by atoms with Crippen LogP contribution in [0.3, 0.4) is 0 Å². The lowest BCUT2D eigenvalue weighted by atomic mass is 10.1. The number of benzene rings is 1. The number of nitrogens with zero attached hydrogens (tertiary/aromatic N) is 2. The molecule has 0 aliphatic carbocycles. The SMILES string of the molecule is CCn1cnc(S(=O)(=O)Nc2cc(C(=N)N)ccc2C)c1. The van der Waals surface area contributed by atoms with E-state index in [2.05, 4.69) is 9.71 Å². The highest BCUT2D eigenvalue weighted by molar-refractivity contribution is 7.92. The molecule has 0 radical (unpaired) electrons. The highest BCUT2D eigenvalue weighted by atomic mass is 32.2. The zero-order valence-corrected chi connectivity index (χ0v) is 12.6. The molecule has 7 nitrogen and oxygen atoms in total. The summed E-state index contributed by atoms with van der Waals surface area (Å²) in [6, 6.07) is 4.91. The van der Waals surface area contributed by atoms with Crippen LogP contribution in [0.2, 0.25) is 0 Å². The largest absolute Gasteiger partial charge is 0.384 e. The van der Waals surface area contributed by atoms with Crippen molar-refractivity contribution in [2.75, 3.05) is 4.72 Å². The van der Waals surface area contributed by atoms with Gasteiger partial charge in [0.1, 0.15) is 5.84 Å². The van der Waals surface area contributed by atoms with Crippen molar-refractivity contribution in [1.29, 1.82) is 5.41 Å². The fourth-order valence-corrected chi connectivity index (χ4v) is 2.82. The Hall–Kier alpha value is -2.35. The summed E-state index contributed by atoms with van der Waals surface area (Å²) in [5.41, 5.74) is 6.99. The highest BCUT2D eigenvalue weighted by Crippen LogP contribution is 2.20. The van der Waals surface area contributed by atoms with Crippen molar-refractivity contribution in [3.05, 3.63) is 41.9 Å². The van der Waals surface area contributed by atoms with E-state index in [4.69, 9.17) is 11.1 Å². The van der Waals surface area contributed by atoms with Crippen LogP contribution < -0.4 is 10.5 Å². The minimum absolute atomic E-state index is 0.0445. The second-order valence-electron chi connectivity index (χ2n) is 4.59. The minimum Gasteiger partial charge on any atom is -0.384 e. The maximum atomic E-state index is 12.3. The van der Waals surface area contributed by atoms with Gasteiger partial charge in [0.05, 0.1) is 12.0 Å². The van der Waals surface area contributed by atoms with E-state index >= 15 is 0 Å². The van der Waals surface area contributed by atoms with Crippen molar-refractivity contribution >= 4 is 21.5 Å². The van der Waals surface area contributed by atoms with Crippen LogP contribution in [0, 0.1) is 12.3 Å². The molecule has 1 aromatic carbocycles. The summed E-state index contributed by atoms with van der Waals surface area (Å²) >= 11 is 0. The molecule has 2 rings (SSSR count). The van der Waals surface area contributed by atoms with E-state index in [1.54, 1.807) is 23.6 Å². The van der Waals surface area contributed by atoms with Crippen LogP contribution in [0.1, 0.15) is 18.1 Å². The van der Waals surface area contributed by atoms with Gasteiger partial charge in [0.2, 0.25) is 0 Å². The summed E-state index contributed by atoms with van der Waals surface area (Å²) in [7, 11) is -3.76. The maximum absolute atomic E-state index is 12.3. The van der Waals surface area contributed by atoms with E-state index in [0.29, 0.717) is 17.8 Å². The van der Waals surface area contributed by atoms with E-state index in [1.165, 1.54) is 18.6 Å². The number of hydrogen-bond donors (Lipinski definition) is 3. The van der Waals surface area contributed by atoms with Crippen molar-refractivity contribution in [1.82, 2.24) is 9.55 Å². The molecule has 8 heteroatoms. The van der Waals surface area contributed by atoms with E-state index < -0.39 is 10.0 Å². The van der Waals surface area contributed by atoms with Crippen LogP contribution in [-0.4, -0.2) is 23.8 Å². The molecule has 4 N–H and O–H groups in total. The first-order valence-corrected chi connectivity index (χ1v) is 7.81. The molecule has 0 amide bonds. The molecule has 0 bridgehead atoms. The van der Waals surface area contributed by atoms with Crippen molar-refractivity contribution in [3.63, 3.8) is 0 Å². The third-order valence-corrected chi connectivity index (χ3v) is 4.29. The number of sulfonamides is 1. The van der Waals surface area contributed by atoms with E-state index in [0.717, 1.165) is 5.56 Å². The number of aryl methyl sites for hydroxylation is 2. The van der Waals surface area contributed by atoms with Crippen molar-refractivity contribution in [2.24, 2.45) is 5.73 Å². The Balaban J connectivity index is 2.36. The number of nitrogens with two attached hydrogens (primary N) is 1. The number of nitrogen functional groups attached to an aromatic ring is 1. The average molecular weight is 307 g/mol. The van der Waals surface area contributed by atoms with Crippen LogP contribution in [0.15, 0.2) is 35.7 Å². The number of amidine groups is 1. The number of imidazole rings is 1. The van der Waals surface area contributed by atoms with Gasteiger partial charge in [0, 0.05) is 18.3 Å². The smallest absolute Gasteiger partial charge is 0.280 e. The summed E-state index contributed by atoms with van der Waals surface area (Å²) in [5.74, 6) is -0.120. The molecule has 0 saturated carbocycles. The lowest BCUT2D eigenvalue weighted by Gasteiger charge is -2.10. The lowest BCUT2D eigenvalue weighted by molar-refractivity contribution is 0.598. The van der Waals surface area contributed by atoms with Gasteiger partial charge in [-0.05, 0) is 25.5 Å². The topological polar surface area (TPSA) is 114 Å². The number of aromatic nitrogens is 2. The van der Waals surface area contributed by atoms with Crippen LogP contribution in [0.25, 0.3) is 0 Å². The standard InChI is InChI=1S/C13H17N5O2S/c1-3-18-7-12(16-8-18)21(19,20)17-11-6-10(13(14)15)5-4-9(11)2/h4-8,17H,3H2,1-2H3,(H3,14,15). The Morgan fingerprint density at radius 3 is 2.76 bits per heavy atom. The second-order valence-corrected chi connectivity index (χ2v) is 6.22. The third kappa shape index (κ3) is 3.22. The number of rotatable bonds is 5. The molecule has 112 valence electrons. The Kier molecular flexibility index (Phi) is 3.99. The van der Waals surface area contributed by atoms with Gasteiger partial charge in [-0.2, -0.15) is 8.42 Å². The Bertz CT molecular complexity index is 780. The molecule has 21 heavy (non-hydrogen) atoms. The summed E-state index contributed by atoms with van der Waals surface area (Å²) in [6.07, 6.45) is 2.93. The number of anilines is 1. The normalized spacial score (nSPS) is 11.3. The van der Waals surface area contributed by atoms with Gasteiger partial charge < -0.3 is 10.3 Å². The van der Waals surface area contributed by atoms with E-state index in [1.807, 2.05) is 6.92 Å². The molecule has 2 aromatic rings. The average Bonchev–Trinajstić information content (AvgIpc) is 2.90. The molecule has 0 aliphatic heterocycles. The van der Waals surface area contributed by atoms with Gasteiger partial charge in [0.25, 0.3) is 10.0 Å². The van der Waals surface area contributed by atoms with Crippen LogP contribution in [0.5, 0.6) is 0 Å². The molecular formula is C13H17N5O2S. The monoisotopic (exact) mass is 307 g/mol. The van der Waals surface area contributed by atoms with Crippen LogP contribution in [0.4, 0.5) is 5.69 Å². The third-order valence-electron chi connectivity index (χ3n) is 3.04. The Morgan fingerprint density at radius 2 is 2.19 bits per heavy atom. The Labute approximate surface area is 123 Å². The summed E-state index contributed by atoms with van der Waals surface area (Å²) in [6.45, 7) is 4.31. The zero-order chi connectivity index (χ0) is 15.6. The van der Waals surface area contributed by atoms with Crippen molar-refractivity contribution in [3.8, 4) is 0 Å². The van der Waals surface area contributed by atoms with Crippen LogP contribution >= 0.6 is 0 Å². The predicted molar refractivity (Wildman–Crippen MR) is 80.9 cm³/mol. The second kappa shape index (κ2) is 5.57. The van der Waals surface area contributed by atoms with Crippen molar-refractivity contribution in [2.45, 2.75) is 25.4 Å². The molecule has 0 fully saturated rings. The van der Waals surface area contributed by atoms with Crippen molar-refractivity contribution < 1.29 is 8.42 Å². The predicted octanol–water partition coefficient (Wildman–Crippen LogP) is 1.30. The van der Waals surface area contributed by atoms with E-state index in [-0.39, 0.29) is 10.9 Å².